The number of nitrogens with one attached hydrogen (secondary N) is 2. The summed E-state index contributed by atoms with van der Waals surface area (Å²) in [5, 5.41) is 8.94. The quantitative estimate of drug-likeness (QED) is 0.806. The molecule has 0 aliphatic rings. The molecule has 7 heteroatoms. The molecule has 18 heavy (non-hydrogen) atoms. The third kappa shape index (κ3) is 2.52. The monoisotopic (exact) mass is 281 g/mol. The van der Waals surface area contributed by atoms with Gasteiger partial charge in [0, 0.05) is 17.5 Å². The van der Waals surface area contributed by atoms with Crippen molar-refractivity contribution in [1.82, 2.24) is 5.32 Å². The number of carbonyl (C=O) groups is 2. The summed E-state index contributed by atoms with van der Waals surface area (Å²) < 4.78 is 0. The molecule has 94 valence electrons. The van der Waals surface area contributed by atoms with E-state index in [1.54, 1.807) is 17.4 Å². The number of hydrogen-bond donors (Lipinski definition) is 3. The zero-order valence-electron chi connectivity index (χ0n) is 9.52. The molecule has 2 rings (SSSR count). The third-order valence-electron chi connectivity index (χ3n) is 2.24. The van der Waals surface area contributed by atoms with Gasteiger partial charge in [0.1, 0.15) is 4.88 Å². The summed E-state index contributed by atoms with van der Waals surface area (Å²) in [7, 11) is 1.51. The molecule has 0 atom stereocenters. The summed E-state index contributed by atoms with van der Waals surface area (Å²) in [6, 6.07) is 3.32. The normalized spacial score (nSPS) is 10.1. The summed E-state index contributed by atoms with van der Waals surface area (Å²) in [6.07, 6.45) is 0. The van der Waals surface area contributed by atoms with Crippen LogP contribution < -0.4 is 16.4 Å². The lowest BCUT2D eigenvalue weighted by Crippen LogP contribution is -2.25. The second-order valence-electron chi connectivity index (χ2n) is 3.43. The molecule has 0 aliphatic heterocycles. The Morgan fingerprint density at radius 3 is 2.72 bits per heavy atom. The number of nitrogens with two attached hydrogens (primary N) is 1. The number of primary amides is 1. The van der Waals surface area contributed by atoms with Gasteiger partial charge in [0.2, 0.25) is 0 Å². The fourth-order valence-electron chi connectivity index (χ4n) is 1.40. The first-order chi connectivity index (χ1) is 8.61. The molecule has 0 bridgehead atoms. The molecule has 2 aromatic rings. The van der Waals surface area contributed by atoms with Gasteiger partial charge in [0.25, 0.3) is 5.91 Å². The first kappa shape index (κ1) is 12.6. The highest BCUT2D eigenvalue weighted by molar-refractivity contribution is 7.18. The minimum absolute atomic E-state index is 0.347. The van der Waals surface area contributed by atoms with Crippen LogP contribution in [0.1, 0.15) is 9.67 Å². The first-order valence-electron chi connectivity index (χ1n) is 5.06. The van der Waals surface area contributed by atoms with Crippen LogP contribution in [0.15, 0.2) is 22.9 Å². The van der Waals surface area contributed by atoms with Crippen molar-refractivity contribution in [2.75, 3.05) is 12.4 Å². The van der Waals surface area contributed by atoms with E-state index in [9.17, 15) is 9.59 Å². The van der Waals surface area contributed by atoms with E-state index in [1.807, 2.05) is 16.8 Å². The largest absolute Gasteiger partial charge is 0.365 e. The van der Waals surface area contributed by atoms with E-state index in [1.165, 1.54) is 18.4 Å². The van der Waals surface area contributed by atoms with Gasteiger partial charge >= 0.3 is 6.03 Å². The van der Waals surface area contributed by atoms with Crippen LogP contribution >= 0.6 is 22.7 Å². The predicted octanol–water partition coefficient (Wildman–Crippen LogP) is 2.33. The zero-order chi connectivity index (χ0) is 13.1. The van der Waals surface area contributed by atoms with Crippen molar-refractivity contribution in [1.29, 1.82) is 0 Å². The lowest BCUT2D eigenvalue weighted by atomic mass is 10.2. The highest BCUT2D eigenvalue weighted by atomic mass is 32.1. The van der Waals surface area contributed by atoms with E-state index in [4.69, 9.17) is 5.73 Å². The Morgan fingerprint density at radius 1 is 1.39 bits per heavy atom. The standard InChI is InChI=1S/C11H11N3O2S2/c1-13-11(16)14-7-4-8(6-2-3-17-5-6)18-9(7)10(12)15/h2-5H,1H3,(H2,12,15)(H2,13,14,16). The summed E-state index contributed by atoms with van der Waals surface area (Å²) in [6.45, 7) is 0. The number of anilines is 1. The highest BCUT2D eigenvalue weighted by Crippen LogP contribution is 2.35. The van der Waals surface area contributed by atoms with Crippen molar-refractivity contribution < 1.29 is 9.59 Å². The summed E-state index contributed by atoms with van der Waals surface area (Å²) in [5.74, 6) is -0.548. The van der Waals surface area contributed by atoms with Crippen molar-refractivity contribution in [3.8, 4) is 10.4 Å². The Labute approximate surface area is 112 Å². The maximum atomic E-state index is 11.3. The Bertz CT molecular complexity index is 575. The molecular weight excluding hydrogens is 270 g/mol. The lowest BCUT2D eigenvalue weighted by Gasteiger charge is -2.02. The zero-order valence-corrected chi connectivity index (χ0v) is 11.2. The number of thiophene rings is 2. The lowest BCUT2D eigenvalue weighted by molar-refractivity contribution is 0.100. The molecule has 0 fully saturated rings. The highest BCUT2D eigenvalue weighted by Gasteiger charge is 2.16. The van der Waals surface area contributed by atoms with Gasteiger partial charge in [-0.05, 0) is 22.9 Å². The second-order valence-corrected chi connectivity index (χ2v) is 5.27. The van der Waals surface area contributed by atoms with Crippen LogP contribution in [0.5, 0.6) is 0 Å². The average Bonchev–Trinajstić information content (AvgIpc) is 2.96. The fraction of sp³-hybridized carbons (Fsp3) is 0.0909. The van der Waals surface area contributed by atoms with E-state index in [2.05, 4.69) is 10.6 Å². The topological polar surface area (TPSA) is 84.2 Å². The number of carbonyl (C=O) groups excluding carboxylic acids is 2. The van der Waals surface area contributed by atoms with Crippen molar-refractivity contribution in [2.45, 2.75) is 0 Å². The van der Waals surface area contributed by atoms with Crippen molar-refractivity contribution in [3.63, 3.8) is 0 Å². The molecule has 3 amide bonds. The van der Waals surface area contributed by atoms with Crippen LogP contribution in [0.3, 0.4) is 0 Å². The van der Waals surface area contributed by atoms with Gasteiger partial charge in [-0.15, -0.1) is 11.3 Å². The van der Waals surface area contributed by atoms with E-state index >= 15 is 0 Å². The Balaban J connectivity index is 2.38. The summed E-state index contributed by atoms with van der Waals surface area (Å²) in [5.41, 5.74) is 6.75. The van der Waals surface area contributed by atoms with E-state index < -0.39 is 5.91 Å². The average molecular weight is 281 g/mol. The molecule has 0 aromatic carbocycles. The smallest absolute Gasteiger partial charge is 0.319 e. The number of amides is 3. The molecule has 2 aromatic heterocycles. The van der Waals surface area contributed by atoms with Crippen molar-refractivity contribution in [2.24, 2.45) is 5.73 Å². The van der Waals surface area contributed by atoms with Gasteiger partial charge in [-0.25, -0.2) is 4.79 Å². The van der Waals surface area contributed by atoms with Gasteiger partial charge < -0.3 is 16.4 Å². The van der Waals surface area contributed by atoms with Gasteiger partial charge in [-0.2, -0.15) is 11.3 Å². The molecule has 5 nitrogen and oxygen atoms in total. The summed E-state index contributed by atoms with van der Waals surface area (Å²) >= 11 is 2.83. The maximum Gasteiger partial charge on any atom is 0.319 e. The minimum Gasteiger partial charge on any atom is -0.365 e. The Hall–Kier alpha value is -1.86. The van der Waals surface area contributed by atoms with Crippen molar-refractivity contribution >= 4 is 40.3 Å². The number of hydrogen-bond acceptors (Lipinski definition) is 4. The molecular formula is C11H11N3O2S2. The van der Waals surface area contributed by atoms with Crippen LogP contribution in [0.25, 0.3) is 10.4 Å². The van der Waals surface area contributed by atoms with Crippen LogP contribution in [0.2, 0.25) is 0 Å². The molecule has 0 spiro atoms. The van der Waals surface area contributed by atoms with Crippen molar-refractivity contribution in [3.05, 3.63) is 27.8 Å². The summed E-state index contributed by atoms with van der Waals surface area (Å²) in [4.78, 5) is 23.9. The molecule has 0 saturated heterocycles. The predicted molar refractivity (Wildman–Crippen MR) is 74.2 cm³/mol. The number of rotatable bonds is 3. The van der Waals surface area contributed by atoms with Crippen LogP contribution in [0, 0.1) is 0 Å². The second kappa shape index (κ2) is 5.19. The van der Waals surface area contributed by atoms with Gasteiger partial charge in [0.15, 0.2) is 0 Å². The van der Waals surface area contributed by atoms with E-state index in [0.29, 0.717) is 10.6 Å². The molecule has 0 aliphatic carbocycles. The van der Waals surface area contributed by atoms with Gasteiger partial charge in [-0.3, -0.25) is 4.79 Å². The Morgan fingerprint density at radius 2 is 2.17 bits per heavy atom. The SMILES string of the molecule is CNC(=O)Nc1cc(-c2ccsc2)sc1C(N)=O. The molecule has 2 heterocycles. The van der Waals surface area contributed by atoms with Crippen LogP contribution in [-0.4, -0.2) is 19.0 Å². The molecule has 0 unspecified atom stereocenters. The van der Waals surface area contributed by atoms with Crippen LogP contribution in [-0.2, 0) is 0 Å². The molecule has 0 radical (unpaired) electrons. The van der Waals surface area contributed by atoms with Crippen LogP contribution in [0.4, 0.5) is 10.5 Å². The number of urea groups is 1. The maximum absolute atomic E-state index is 11.3. The van der Waals surface area contributed by atoms with E-state index in [-0.39, 0.29) is 6.03 Å². The minimum atomic E-state index is -0.548. The van der Waals surface area contributed by atoms with E-state index in [0.717, 1.165) is 10.4 Å². The van der Waals surface area contributed by atoms with Gasteiger partial charge in [-0.1, -0.05) is 0 Å². The molecule has 0 saturated carbocycles. The fourth-order valence-corrected chi connectivity index (χ4v) is 3.09. The third-order valence-corrected chi connectivity index (χ3v) is 4.12. The van der Waals surface area contributed by atoms with Gasteiger partial charge in [0.05, 0.1) is 5.69 Å². The first-order valence-corrected chi connectivity index (χ1v) is 6.82. The molecule has 4 N–H and O–H groups in total. The Kier molecular flexibility index (Phi) is 3.63.